The zero-order valence-electron chi connectivity index (χ0n) is 12.7. The number of carbonyl (C=O) groups is 1. The Morgan fingerprint density at radius 3 is 2.71 bits per heavy atom. The molecule has 1 unspecified atom stereocenters. The van der Waals surface area contributed by atoms with Gasteiger partial charge in [0.25, 0.3) is 0 Å². The SMILES string of the molecule is C=CC(=O)NCCCCOCC(C)(CO)c1ccccc1. The number of carbonyl (C=O) groups excluding carboxylic acids is 1. The first kappa shape index (κ1) is 17.4. The lowest BCUT2D eigenvalue weighted by atomic mass is 9.84. The minimum Gasteiger partial charge on any atom is -0.395 e. The van der Waals surface area contributed by atoms with Crippen LogP contribution in [-0.2, 0) is 14.9 Å². The van der Waals surface area contributed by atoms with Crippen LogP contribution >= 0.6 is 0 Å². The second-order valence-corrected chi connectivity index (χ2v) is 5.34. The van der Waals surface area contributed by atoms with Crippen LogP contribution in [0.2, 0.25) is 0 Å². The quantitative estimate of drug-likeness (QED) is 0.512. The summed E-state index contributed by atoms with van der Waals surface area (Å²) in [6.45, 7) is 7.16. The van der Waals surface area contributed by atoms with Gasteiger partial charge in [0, 0.05) is 18.6 Å². The largest absolute Gasteiger partial charge is 0.395 e. The van der Waals surface area contributed by atoms with Crippen molar-refractivity contribution in [2.75, 3.05) is 26.4 Å². The number of unbranched alkanes of at least 4 members (excludes halogenated alkanes) is 1. The van der Waals surface area contributed by atoms with E-state index in [2.05, 4.69) is 11.9 Å². The van der Waals surface area contributed by atoms with Crippen LogP contribution in [0.4, 0.5) is 0 Å². The van der Waals surface area contributed by atoms with E-state index in [-0.39, 0.29) is 17.9 Å². The van der Waals surface area contributed by atoms with Gasteiger partial charge in [0.2, 0.25) is 5.91 Å². The number of aliphatic hydroxyl groups excluding tert-OH is 1. The van der Waals surface area contributed by atoms with E-state index in [0.29, 0.717) is 19.8 Å². The number of nitrogens with one attached hydrogen (secondary N) is 1. The molecule has 0 radical (unpaired) electrons. The average Bonchev–Trinajstić information content (AvgIpc) is 2.54. The normalized spacial score (nSPS) is 13.4. The molecule has 0 spiro atoms. The first-order valence-electron chi connectivity index (χ1n) is 7.27. The van der Waals surface area contributed by atoms with Crippen LogP contribution in [0.3, 0.4) is 0 Å². The molecule has 0 heterocycles. The molecular formula is C17H25NO3. The number of aliphatic hydroxyl groups is 1. The molecule has 21 heavy (non-hydrogen) atoms. The fourth-order valence-corrected chi connectivity index (χ4v) is 1.97. The number of rotatable bonds is 10. The van der Waals surface area contributed by atoms with E-state index in [1.165, 1.54) is 6.08 Å². The summed E-state index contributed by atoms with van der Waals surface area (Å²) in [5, 5.41) is 12.4. The Hall–Kier alpha value is -1.65. The Bertz CT molecular complexity index is 433. The maximum absolute atomic E-state index is 10.9. The van der Waals surface area contributed by atoms with E-state index in [4.69, 9.17) is 4.74 Å². The molecule has 1 rings (SSSR count). The minimum atomic E-state index is -0.377. The Labute approximate surface area is 126 Å². The predicted octanol–water partition coefficient (Wildman–Crippen LogP) is 2.04. The molecule has 1 aromatic rings. The van der Waals surface area contributed by atoms with Crippen molar-refractivity contribution in [1.82, 2.24) is 5.32 Å². The Kier molecular flexibility index (Phi) is 7.72. The van der Waals surface area contributed by atoms with Crippen molar-refractivity contribution in [3.63, 3.8) is 0 Å². The van der Waals surface area contributed by atoms with Crippen LogP contribution < -0.4 is 5.32 Å². The molecule has 0 bridgehead atoms. The van der Waals surface area contributed by atoms with E-state index >= 15 is 0 Å². The molecule has 4 nitrogen and oxygen atoms in total. The first-order valence-corrected chi connectivity index (χ1v) is 7.27. The number of hydrogen-bond acceptors (Lipinski definition) is 3. The molecule has 0 aliphatic heterocycles. The molecular weight excluding hydrogens is 266 g/mol. The van der Waals surface area contributed by atoms with Crippen LogP contribution in [0.1, 0.15) is 25.3 Å². The Balaban J connectivity index is 2.24. The highest BCUT2D eigenvalue weighted by Gasteiger charge is 2.25. The summed E-state index contributed by atoms with van der Waals surface area (Å²) in [6.07, 6.45) is 3.00. The van der Waals surface area contributed by atoms with E-state index in [0.717, 1.165) is 18.4 Å². The third-order valence-electron chi connectivity index (χ3n) is 3.44. The van der Waals surface area contributed by atoms with Gasteiger partial charge in [0.1, 0.15) is 0 Å². The van der Waals surface area contributed by atoms with Crippen LogP contribution in [0.25, 0.3) is 0 Å². The van der Waals surface area contributed by atoms with Crippen molar-refractivity contribution in [3.8, 4) is 0 Å². The summed E-state index contributed by atoms with van der Waals surface area (Å²) in [5.74, 6) is -0.146. The topological polar surface area (TPSA) is 58.6 Å². The summed E-state index contributed by atoms with van der Waals surface area (Å²) in [7, 11) is 0. The maximum Gasteiger partial charge on any atom is 0.243 e. The average molecular weight is 291 g/mol. The number of ether oxygens (including phenoxy) is 1. The lowest BCUT2D eigenvalue weighted by Gasteiger charge is -2.27. The van der Waals surface area contributed by atoms with Gasteiger partial charge in [-0.15, -0.1) is 0 Å². The molecule has 2 N–H and O–H groups in total. The lowest BCUT2D eigenvalue weighted by Crippen LogP contribution is -2.32. The molecule has 0 saturated heterocycles. The summed E-state index contributed by atoms with van der Waals surface area (Å²) >= 11 is 0. The van der Waals surface area contributed by atoms with Gasteiger partial charge in [-0.2, -0.15) is 0 Å². The van der Waals surface area contributed by atoms with Gasteiger partial charge in [0.15, 0.2) is 0 Å². The van der Waals surface area contributed by atoms with Crippen molar-refractivity contribution >= 4 is 5.91 Å². The molecule has 116 valence electrons. The van der Waals surface area contributed by atoms with Crippen LogP contribution in [-0.4, -0.2) is 37.4 Å². The fourth-order valence-electron chi connectivity index (χ4n) is 1.97. The minimum absolute atomic E-state index is 0.0480. The van der Waals surface area contributed by atoms with Crippen molar-refractivity contribution in [3.05, 3.63) is 48.6 Å². The molecule has 0 aliphatic carbocycles. The van der Waals surface area contributed by atoms with Crippen LogP contribution in [0.5, 0.6) is 0 Å². The summed E-state index contributed by atoms with van der Waals surface area (Å²) < 4.78 is 5.68. The second kappa shape index (κ2) is 9.32. The number of amides is 1. The molecule has 1 atom stereocenters. The Morgan fingerprint density at radius 1 is 1.38 bits per heavy atom. The predicted molar refractivity (Wildman–Crippen MR) is 84.1 cm³/mol. The smallest absolute Gasteiger partial charge is 0.243 e. The van der Waals surface area contributed by atoms with Gasteiger partial charge in [-0.3, -0.25) is 4.79 Å². The first-order chi connectivity index (χ1) is 10.1. The number of hydrogen-bond donors (Lipinski definition) is 2. The van der Waals surface area contributed by atoms with Gasteiger partial charge in [-0.05, 0) is 24.5 Å². The monoisotopic (exact) mass is 291 g/mol. The molecule has 4 heteroatoms. The van der Waals surface area contributed by atoms with Gasteiger partial charge in [-0.25, -0.2) is 0 Å². The standard InChI is InChI=1S/C17H25NO3/c1-3-16(20)18-11-7-8-12-21-14-17(2,13-19)15-9-5-4-6-10-15/h3-6,9-10,19H,1,7-8,11-14H2,2H3,(H,18,20). The molecule has 0 aliphatic rings. The van der Waals surface area contributed by atoms with E-state index in [1.807, 2.05) is 37.3 Å². The summed E-state index contributed by atoms with van der Waals surface area (Å²) in [5.41, 5.74) is 0.698. The van der Waals surface area contributed by atoms with Gasteiger partial charge in [-0.1, -0.05) is 43.8 Å². The highest BCUT2D eigenvalue weighted by molar-refractivity contribution is 5.86. The van der Waals surface area contributed by atoms with Crippen molar-refractivity contribution in [2.45, 2.75) is 25.2 Å². The molecule has 0 fully saturated rings. The fraction of sp³-hybridized carbons (Fsp3) is 0.471. The third-order valence-corrected chi connectivity index (χ3v) is 3.44. The second-order valence-electron chi connectivity index (χ2n) is 5.34. The molecule has 1 aromatic carbocycles. The number of benzene rings is 1. The van der Waals surface area contributed by atoms with Gasteiger partial charge >= 0.3 is 0 Å². The summed E-state index contributed by atoms with van der Waals surface area (Å²) in [4.78, 5) is 10.9. The molecule has 0 saturated carbocycles. The van der Waals surface area contributed by atoms with Crippen molar-refractivity contribution in [1.29, 1.82) is 0 Å². The van der Waals surface area contributed by atoms with Crippen LogP contribution in [0, 0.1) is 0 Å². The zero-order valence-corrected chi connectivity index (χ0v) is 12.7. The lowest BCUT2D eigenvalue weighted by molar-refractivity contribution is -0.116. The molecule has 1 amide bonds. The third kappa shape index (κ3) is 6.10. The van der Waals surface area contributed by atoms with Gasteiger partial charge < -0.3 is 15.2 Å². The summed E-state index contributed by atoms with van der Waals surface area (Å²) in [6, 6.07) is 9.89. The van der Waals surface area contributed by atoms with Crippen LogP contribution in [0.15, 0.2) is 43.0 Å². The molecule has 0 aromatic heterocycles. The van der Waals surface area contributed by atoms with Crippen molar-refractivity contribution < 1.29 is 14.6 Å². The highest BCUT2D eigenvalue weighted by atomic mass is 16.5. The zero-order chi connectivity index (χ0) is 15.6. The van der Waals surface area contributed by atoms with Crippen molar-refractivity contribution in [2.24, 2.45) is 0 Å². The van der Waals surface area contributed by atoms with E-state index in [9.17, 15) is 9.90 Å². The van der Waals surface area contributed by atoms with E-state index in [1.54, 1.807) is 0 Å². The van der Waals surface area contributed by atoms with Gasteiger partial charge in [0.05, 0.1) is 13.2 Å². The van der Waals surface area contributed by atoms with E-state index < -0.39 is 0 Å². The Morgan fingerprint density at radius 2 is 2.10 bits per heavy atom. The highest BCUT2D eigenvalue weighted by Crippen LogP contribution is 2.23. The maximum atomic E-state index is 10.9.